The van der Waals surface area contributed by atoms with Crippen LogP contribution >= 0.6 is 0 Å². The summed E-state index contributed by atoms with van der Waals surface area (Å²) >= 11 is 0. The summed E-state index contributed by atoms with van der Waals surface area (Å²) in [6, 6.07) is 2.99. The summed E-state index contributed by atoms with van der Waals surface area (Å²) in [6.45, 7) is 3.61. The fourth-order valence-corrected chi connectivity index (χ4v) is 2.94. The van der Waals surface area contributed by atoms with E-state index in [0.717, 1.165) is 26.2 Å². The molecule has 3 rings (SSSR count). The Morgan fingerprint density at radius 2 is 2.11 bits per heavy atom. The van der Waals surface area contributed by atoms with E-state index in [9.17, 15) is 10.1 Å². The van der Waals surface area contributed by atoms with Gasteiger partial charge in [-0.3, -0.25) is 10.1 Å². The van der Waals surface area contributed by atoms with Crippen LogP contribution < -0.4 is 15.0 Å². The van der Waals surface area contributed by atoms with E-state index in [0.29, 0.717) is 23.5 Å². The molecule has 0 aliphatic carbocycles. The molecule has 7 nitrogen and oxygen atoms in total. The average Bonchev–Trinajstić information content (AvgIpc) is 2.98. The monoisotopic (exact) mass is 264 g/mol. The molecular formula is C12H16N4O3. The Bertz CT molecular complexity index is 496. The Balaban J connectivity index is 1.92. The first-order valence-corrected chi connectivity index (χ1v) is 6.34. The molecule has 7 heteroatoms. The number of ether oxygens (including phenoxy) is 1. The van der Waals surface area contributed by atoms with Crippen LogP contribution in [0.25, 0.3) is 0 Å². The number of methoxy groups -OCH3 is 1. The molecule has 0 saturated carbocycles. The normalized spacial score (nSPS) is 25.4. The molecule has 1 aromatic heterocycles. The van der Waals surface area contributed by atoms with E-state index in [2.05, 4.69) is 10.3 Å². The second-order valence-electron chi connectivity index (χ2n) is 5.04. The second kappa shape index (κ2) is 4.65. The Labute approximate surface area is 110 Å². The number of anilines is 1. The highest BCUT2D eigenvalue weighted by atomic mass is 16.6. The highest BCUT2D eigenvalue weighted by Gasteiger charge is 2.38. The highest BCUT2D eigenvalue weighted by Crippen LogP contribution is 2.35. The number of pyridine rings is 1. The van der Waals surface area contributed by atoms with E-state index in [-0.39, 0.29) is 10.6 Å². The Kier molecular flexibility index (Phi) is 2.98. The first-order chi connectivity index (χ1) is 9.19. The summed E-state index contributed by atoms with van der Waals surface area (Å²) in [6.07, 6.45) is 0. The summed E-state index contributed by atoms with van der Waals surface area (Å²) in [5.74, 6) is 1.97. The van der Waals surface area contributed by atoms with Crippen LogP contribution in [0.3, 0.4) is 0 Å². The minimum absolute atomic E-state index is 0.0498. The van der Waals surface area contributed by atoms with Crippen molar-refractivity contribution in [2.24, 2.45) is 11.8 Å². The molecule has 1 aromatic rings. The molecule has 0 spiro atoms. The van der Waals surface area contributed by atoms with Crippen LogP contribution in [0.4, 0.5) is 11.5 Å². The van der Waals surface area contributed by atoms with E-state index >= 15 is 0 Å². The third kappa shape index (κ3) is 2.10. The van der Waals surface area contributed by atoms with Crippen molar-refractivity contribution < 1.29 is 9.66 Å². The molecular weight excluding hydrogens is 248 g/mol. The van der Waals surface area contributed by atoms with Gasteiger partial charge in [-0.05, 0) is 11.8 Å². The number of nitrogens with zero attached hydrogens (tertiary/aromatic N) is 3. The maximum absolute atomic E-state index is 11.1. The van der Waals surface area contributed by atoms with Crippen molar-refractivity contribution in [3.05, 3.63) is 22.2 Å². The van der Waals surface area contributed by atoms with Crippen molar-refractivity contribution >= 4 is 11.5 Å². The molecule has 1 N–H and O–H groups in total. The van der Waals surface area contributed by atoms with Gasteiger partial charge in [0.25, 0.3) is 0 Å². The van der Waals surface area contributed by atoms with Crippen molar-refractivity contribution in [1.82, 2.24) is 10.3 Å². The van der Waals surface area contributed by atoms with Gasteiger partial charge in [0.05, 0.1) is 12.0 Å². The highest BCUT2D eigenvalue weighted by molar-refractivity contribution is 5.59. The van der Waals surface area contributed by atoms with Gasteiger partial charge in [-0.25, -0.2) is 0 Å². The lowest BCUT2D eigenvalue weighted by Gasteiger charge is -2.18. The maximum atomic E-state index is 11.1. The Morgan fingerprint density at radius 1 is 1.42 bits per heavy atom. The maximum Gasteiger partial charge on any atom is 0.311 e. The summed E-state index contributed by atoms with van der Waals surface area (Å²) in [5.41, 5.74) is 0.0498. The topological polar surface area (TPSA) is 80.5 Å². The molecule has 102 valence electrons. The SMILES string of the molecule is COc1ccc([N+](=O)[O-])c(N2CC3CNCC3C2)n1. The van der Waals surface area contributed by atoms with Crippen molar-refractivity contribution in [2.45, 2.75) is 0 Å². The number of hydrogen-bond acceptors (Lipinski definition) is 6. The zero-order chi connectivity index (χ0) is 13.4. The second-order valence-corrected chi connectivity index (χ2v) is 5.04. The molecule has 2 fully saturated rings. The lowest BCUT2D eigenvalue weighted by molar-refractivity contribution is -0.384. The molecule has 2 aliphatic rings. The minimum Gasteiger partial charge on any atom is -0.481 e. The first kappa shape index (κ1) is 12.2. The Hall–Kier alpha value is -1.89. The van der Waals surface area contributed by atoms with Crippen LogP contribution in [0, 0.1) is 22.0 Å². The number of rotatable bonds is 3. The van der Waals surface area contributed by atoms with Crippen LogP contribution in [-0.2, 0) is 0 Å². The molecule has 0 radical (unpaired) electrons. The summed E-state index contributed by atoms with van der Waals surface area (Å²) in [5, 5.41) is 14.5. The van der Waals surface area contributed by atoms with Crippen LogP contribution in [0.15, 0.2) is 12.1 Å². The lowest BCUT2D eigenvalue weighted by Crippen LogP contribution is -2.26. The van der Waals surface area contributed by atoms with Crippen molar-refractivity contribution in [1.29, 1.82) is 0 Å². The van der Waals surface area contributed by atoms with Gasteiger partial charge in [0.1, 0.15) is 0 Å². The number of nitro groups is 1. The lowest BCUT2D eigenvalue weighted by atomic mass is 10.0. The van der Waals surface area contributed by atoms with Crippen LogP contribution in [0.1, 0.15) is 0 Å². The van der Waals surface area contributed by atoms with E-state index in [1.165, 1.54) is 19.2 Å². The molecule has 0 amide bonds. The van der Waals surface area contributed by atoms with E-state index < -0.39 is 0 Å². The number of hydrogen-bond donors (Lipinski definition) is 1. The van der Waals surface area contributed by atoms with E-state index in [1.807, 2.05) is 4.90 Å². The first-order valence-electron chi connectivity index (χ1n) is 6.34. The molecule has 2 atom stereocenters. The molecule has 2 aliphatic heterocycles. The van der Waals surface area contributed by atoms with Gasteiger partial charge in [0, 0.05) is 38.3 Å². The summed E-state index contributed by atoms with van der Waals surface area (Å²) in [4.78, 5) is 17.0. The number of fused-ring (bicyclic) bond motifs is 1. The van der Waals surface area contributed by atoms with Gasteiger partial charge >= 0.3 is 5.69 Å². The van der Waals surface area contributed by atoms with Gasteiger partial charge in [-0.2, -0.15) is 4.98 Å². The van der Waals surface area contributed by atoms with Crippen molar-refractivity contribution in [3.63, 3.8) is 0 Å². The molecule has 2 unspecified atom stereocenters. The summed E-state index contributed by atoms with van der Waals surface area (Å²) in [7, 11) is 1.51. The fourth-order valence-electron chi connectivity index (χ4n) is 2.94. The molecule has 3 heterocycles. The standard InChI is InChI=1S/C12H16N4O3/c1-19-11-3-2-10(16(17)18)12(14-11)15-6-8-4-13-5-9(8)7-15/h2-3,8-9,13H,4-7H2,1H3. The third-order valence-corrected chi connectivity index (χ3v) is 3.92. The largest absolute Gasteiger partial charge is 0.481 e. The summed E-state index contributed by atoms with van der Waals surface area (Å²) < 4.78 is 5.07. The zero-order valence-electron chi connectivity index (χ0n) is 10.7. The van der Waals surface area contributed by atoms with E-state index in [4.69, 9.17) is 4.74 Å². The van der Waals surface area contributed by atoms with Gasteiger partial charge in [-0.15, -0.1) is 0 Å². The predicted octanol–water partition coefficient (Wildman–Crippen LogP) is 0.654. The van der Waals surface area contributed by atoms with Crippen LogP contribution in [0.5, 0.6) is 5.88 Å². The molecule has 0 bridgehead atoms. The predicted molar refractivity (Wildman–Crippen MR) is 69.5 cm³/mol. The number of aromatic nitrogens is 1. The Morgan fingerprint density at radius 3 is 2.68 bits per heavy atom. The van der Waals surface area contributed by atoms with Crippen LogP contribution in [0.2, 0.25) is 0 Å². The smallest absolute Gasteiger partial charge is 0.311 e. The van der Waals surface area contributed by atoms with Gasteiger partial charge in [-0.1, -0.05) is 0 Å². The fraction of sp³-hybridized carbons (Fsp3) is 0.583. The van der Waals surface area contributed by atoms with Gasteiger partial charge < -0.3 is 15.0 Å². The average molecular weight is 264 g/mol. The molecule has 0 aromatic carbocycles. The minimum atomic E-state index is -0.381. The number of nitrogens with one attached hydrogen (secondary N) is 1. The van der Waals surface area contributed by atoms with Gasteiger partial charge in [0.15, 0.2) is 0 Å². The van der Waals surface area contributed by atoms with Crippen LogP contribution in [-0.4, -0.2) is 43.2 Å². The molecule has 19 heavy (non-hydrogen) atoms. The van der Waals surface area contributed by atoms with Crippen molar-refractivity contribution in [2.75, 3.05) is 38.2 Å². The van der Waals surface area contributed by atoms with Crippen molar-refractivity contribution in [3.8, 4) is 5.88 Å². The van der Waals surface area contributed by atoms with E-state index in [1.54, 1.807) is 0 Å². The van der Waals surface area contributed by atoms with Gasteiger partial charge in [0.2, 0.25) is 11.7 Å². The zero-order valence-corrected chi connectivity index (χ0v) is 10.7. The molecule has 2 saturated heterocycles. The third-order valence-electron chi connectivity index (χ3n) is 3.92. The quantitative estimate of drug-likeness (QED) is 0.638.